The summed E-state index contributed by atoms with van der Waals surface area (Å²) in [5, 5.41) is 0. The Bertz CT molecular complexity index is 713. The monoisotopic (exact) mass is 332 g/mol. The summed E-state index contributed by atoms with van der Waals surface area (Å²) in [6, 6.07) is 18.6. The summed E-state index contributed by atoms with van der Waals surface area (Å²) < 4.78 is 36.0. The Morgan fingerprint density at radius 2 is 1.61 bits per heavy atom. The van der Waals surface area contributed by atoms with Crippen molar-refractivity contribution >= 4 is 9.84 Å². The SMILES string of the molecule is O=S(=O)(CC1COC(CCc2ccccc2)O1)c1ccccc1. The Morgan fingerprint density at radius 3 is 2.30 bits per heavy atom. The van der Waals surface area contributed by atoms with E-state index < -0.39 is 15.9 Å². The molecule has 0 aromatic heterocycles. The predicted octanol–water partition coefficient (Wildman–Crippen LogP) is 2.83. The summed E-state index contributed by atoms with van der Waals surface area (Å²) >= 11 is 0. The standard InChI is InChI=1S/C18H20O4S/c19-23(20,17-9-5-2-6-10-17)14-16-13-21-18(22-16)12-11-15-7-3-1-4-8-15/h1-10,16,18H,11-14H2. The van der Waals surface area contributed by atoms with Gasteiger partial charge in [-0.1, -0.05) is 48.5 Å². The van der Waals surface area contributed by atoms with Gasteiger partial charge in [0, 0.05) is 6.42 Å². The lowest BCUT2D eigenvalue weighted by atomic mass is 10.1. The zero-order chi connectivity index (χ0) is 16.1. The van der Waals surface area contributed by atoms with Crippen LogP contribution in [0, 0.1) is 0 Å². The van der Waals surface area contributed by atoms with E-state index in [4.69, 9.17) is 9.47 Å². The molecule has 2 aromatic carbocycles. The first-order chi connectivity index (χ1) is 11.1. The van der Waals surface area contributed by atoms with Crippen LogP contribution in [-0.2, 0) is 25.7 Å². The van der Waals surface area contributed by atoms with E-state index in [1.807, 2.05) is 18.2 Å². The largest absolute Gasteiger partial charge is 0.350 e. The van der Waals surface area contributed by atoms with E-state index in [-0.39, 0.29) is 12.0 Å². The first-order valence-electron chi connectivity index (χ1n) is 7.72. The Kier molecular flexibility index (Phi) is 5.10. The molecule has 0 radical (unpaired) electrons. The lowest BCUT2D eigenvalue weighted by molar-refractivity contribution is -0.0582. The summed E-state index contributed by atoms with van der Waals surface area (Å²) in [6.07, 6.45) is 0.849. The van der Waals surface area contributed by atoms with Gasteiger partial charge in [-0.2, -0.15) is 0 Å². The van der Waals surface area contributed by atoms with E-state index >= 15 is 0 Å². The van der Waals surface area contributed by atoms with Gasteiger partial charge in [-0.3, -0.25) is 0 Å². The van der Waals surface area contributed by atoms with Crippen LogP contribution in [-0.4, -0.2) is 33.2 Å². The average molecular weight is 332 g/mol. The number of benzene rings is 2. The molecule has 23 heavy (non-hydrogen) atoms. The van der Waals surface area contributed by atoms with E-state index in [1.54, 1.807) is 30.3 Å². The van der Waals surface area contributed by atoms with Gasteiger partial charge in [-0.15, -0.1) is 0 Å². The van der Waals surface area contributed by atoms with Gasteiger partial charge >= 0.3 is 0 Å². The van der Waals surface area contributed by atoms with Gasteiger partial charge in [-0.25, -0.2) is 8.42 Å². The molecular weight excluding hydrogens is 312 g/mol. The van der Waals surface area contributed by atoms with E-state index in [2.05, 4.69) is 12.1 Å². The van der Waals surface area contributed by atoms with Crippen molar-refractivity contribution in [2.24, 2.45) is 0 Å². The Balaban J connectivity index is 1.52. The molecule has 1 aliphatic heterocycles. The molecule has 0 N–H and O–H groups in total. The quantitative estimate of drug-likeness (QED) is 0.816. The predicted molar refractivity (Wildman–Crippen MR) is 87.9 cm³/mol. The van der Waals surface area contributed by atoms with Crippen molar-refractivity contribution in [1.29, 1.82) is 0 Å². The van der Waals surface area contributed by atoms with Gasteiger partial charge in [0.2, 0.25) is 0 Å². The molecule has 1 heterocycles. The van der Waals surface area contributed by atoms with Crippen molar-refractivity contribution in [2.75, 3.05) is 12.4 Å². The van der Waals surface area contributed by atoms with Crippen LogP contribution in [0.3, 0.4) is 0 Å². The van der Waals surface area contributed by atoms with Crippen molar-refractivity contribution in [3.8, 4) is 0 Å². The number of rotatable bonds is 6. The number of sulfone groups is 1. The van der Waals surface area contributed by atoms with Crippen LogP contribution in [0.5, 0.6) is 0 Å². The fourth-order valence-electron chi connectivity index (χ4n) is 2.64. The van der Waals surface area contributed by atoms with E-state index in [0.717, 1.165) is 12.8 Å². The number of hydrogen-bond donors (Lipinski definition) is 0. The van der Waals surface area contributed by atoms with Gasteiger partial charge in [0.25, 0.3) is 0 Å². The van der Waals surface area contributed by atoms with Crippen molar-refractivity contribution in [3.05, 3.63) is 66.2 Å². The highest BCUT2D eigenvalue weighted by molar-refractivity contribution is 7.91. The first-order valence-corrected chi connectivity index (χ1v) is 9.37. The fourth-order valence-corrected chi connectivity index (χ4v) is 4.07. The number of hydrogen-bond acceptors (Lipinski definition) is 4. The molecule has 0 saturated carbocycles. The molecule has 2 unspecified atom stereocenters. The van der Waals surface area contributed by atoms with Crippen molar-refractivity contribution in [3.63, 3.8) is 0 Å². The van der Waals surface area contributed by atoms with E-state index in [0.29, 0.717) is 11.5 Å². The Hall–Kier alpha value is -1.69. The van der Waals surface area contributed by atoms with Gasteiger partial charge in [0.05, 0.1) is 23.4 Å². The molecule has 1 fully saturated rings. The highest BCUT2D eigenvalue weighted by Crippen LogP contribution is 2.20. The Labute approximate surface area is 137 Å². The third-order valence-corrected chi connectivity index (χ3v) is 5.63. The maximum Gasteiger partial charge on any atom is 0.181 e. The first kappa shape index (κ1) is 16.2. The summed E-state index contributed by atoms with van der Waals surface area (Å²) in [4.78, 5) is 0.330. The molecule has 4 nitrogen and oxygen atoms in total. The average Bonchev–Trinajstić information content (AvgIpc) is 3.01. The van der Waals surface area contributed by atoms with Crippen LogP contribution >= 0.6 is 0 Å². The highest BCUT2D eigenvalue weighted by Gasteiger charge is 2.30. The molecule has 5 heteroatoms. The molecule has 2 aromatic rings. The van der Waals surface area contributed by atoms with Gasteiger partial charge in [0.1, 0.15) is 0 Å². The maximum atomic E-state index is 12.3. The van der Waals surface area contributed by atoms with Crippen molar-refractivity contribution in [1.82, 2.24) is 0 Å². The van der Waals surface area contributed by atoms with Crippen LogP contribution in [0.1, 0.15) is 12.0 Å². The minimum Gasteiger partial charge on any atom is -0.350 e. The molecule has 0 aliphatic carbocycles. The fraction of sp³-hybridized carbons (Fsp3) is 0.333. The van der Waals surface area contributed by atoms with Crippen LogP contribution in [0.4, 0.5) is 0 Å². The summed E-state index contributed by atoms with van der Waals surface area (Å²) in [7, 11) is -3.34. The second-order valence-corrected chi connectivity index (χ2v) is 7.67. The van der Waals surface area contributed by atoms with Crippen LogP contribution in [0.25, 0.3) is 0 Å². The van der Waals surface area contributed by atoms with E-state index in [1.165, 1.54) is 5.56 Å². The minimum absolute atomic E-state index is 0.0428. The third kappa shape index (κ3) is 4.41. The zero-order valence-corrected chi connectivity index (χ0v) is 13.6. The van der Waals surface area contributed by atoms with Crippen LogP contribution < -0.4 is 0 Å². The van der Waals surface area contributed by atoms with Crippen LogP contribution in [0.15, 0.2) is 65.6 Å². The van der Waals surface area contributed by atoms with Gasteiger partial charge in [0.15, 0.2) is 16.1 Å². The number of ether oxygens (including phenoxy) is 2. The molecule has 1 saturated heterocycles. The third-order valence-electron chi connectivity index (χ3n) is 3.83. The zero-order valence-electron chi connectivity index (χ0n) is 12.8. The summed E-state index contributed by atoms with van der Waals surface area (Å²) in [6.45, 7) is 0.325. The van der Waals surface area contributed by atoms with Gasteiger partial charge in [-0.05, 0) is 24.1 Å². The molecule has 0 amide bonds. The minimum atomic E-state index is -3.34. The summed E-state index contributed by atoms with van der Waals surface area (Å²) in [5.74, 6) is -0.0428. The normalized spacial score (nSPS) is 21.4. The lowest BCUT2D eigenvalue weighted by Crippen LogP contribution is -2.23. The van der Waals surface area contributed by atoms with Crippen molar-refractivity contribution < 1.29 is 17.9 Å². The molecule has 0 bridgehead atoms. The molecule has 0 spiro atoms. The number of aryl methyl sites for hydroxylation is 1. The second-order valence-electron chi connectivity index (χ2n) is 5.64. The van der Waals surface area contributed by atoms with Crippen molar-refractivity contribution in [2.45, 2.75) is 30.1 Å². The summed E-state index contributed by atoms with van der Waals surface area (Å²) in [5.41, 5.74) is 1.22. The molecule has 122 valence electrons. The smallest absolute Gasteiger partial charge is 0.181 e. The lowest BCUT2D eigenvalue weighted by Gasteiger charge is -2.12. The highest BCUT2D eigenvalue weighted by atomic mass is 32.2. The maximum absolute atomic E-state index is 12.3. The molecule has 3 rings (SSSR count). The molecule has 1 aliphatic rings. The Morgan fingerprint density at radius 1 is 0.957 bits per heavy atom. The van der Waals surface area contributed by atoms with Crippen LogP contribution in [0.2, 0.25) is 0 Å². The van der Waals surface area contributed by atoms with E-state index in [9.17, 15) is 8.42 Å². The topological polar surface area (TPSA) is 52.6 Å². The molecule has 2 atom stereocenters. The molecular formula is C18H20O4S. The second kappa shape index (κ2) is 7.25. The van der Waals surface area contributed by atoms with Gasteiger partial charge < -0.3 is 9.47 Å².